The minimum Gasteiger partial charge on any atom is -0.468 e. The molecule has 2 aromatic rings. The Labute approximate surface area is 167 Å². The number of anilines is 1. The van der Waals surface area contributed by atoms with Crippen LogP contribution in [0.1, 0.15) is 51.2 Å². The van der Waals surface area contributed by atoms with E-state index < -0.39 is 5.97 Å². The molecule has 0 spiro atoms. The topological polar surface area (TPSA) is 101 Å². The summed E-state index contributed by atoms with van der Waals surface area (Å²) in [4.78, 5) is 39.0. The van der Waals surface area contributed by atoms with Gasteiger partial charge in [-0.15, -0.1) is 11.3 Å². The predicted molar refractivity (Wildman–Crippen MR) is 107 cm³/mol. The number of nitrogens with zero attached hydrogens (tertiary/aromatic N) is 1. The van der Waals surface area contributed by atoms with Gasteiger partial charge in [0.1, 0.15) is 10.8 Å². The van der Waals surface area contributed by atoms with Crippen LogP contribution in [0.15, 0.2) is 22.8 Å². The number of hydrogen-bond donors (Lipinski definition) is 2. The van der Waals surface area contributed by atoms with Crippen LogP contribution in [0.3, 0.4) is 0 Å². The van der Waals surface area contributed by atoms with E-state index in [1.54, 1.807) is 40.3 Å². The van der Waals surface area contributed by atoms with Crippen molar-refractivity contribution >= 4 is 34.1 Å². The van der Waals surface area contributed by atoms with Crippen LogP contribution in [0.25, 0.3) is 0 Å². The zero-order valence-electron chi connectivity index (χ0n) is 16.6. The van der Waals surface area contributed by atoms with Gasteiger partial charge in [-0.3, -0.25) is 14.9 Å². The summed E-state index contributed by atoms with van der Waals surface area (Å²) in [5.74, 6) is -0.431. The van der Waals surface area contributed by atoms with Gasteiger partial charge in [0.25, 0.3) is 5.91 Å². The SMILES string of the molecule is CCOC(=O)c1c(NC(=O)CN[C@H](C)c2ccco2)sc(C(=O)N(C)C)c1C. The maximum atomic E-state index is 12.4. The van der Waals surface area contributed by atoms with Crippen molar-refractivity contribution in [2.75, 3.05) is 32.6 Å². The first-order chi connectivity index (χ1) is 13.3. The van der Waals surface area contributed by atoms with Crippen molar-refractivity contribution in [2.24, 2.45) is 0 Å². The fourth-order valence-electron chi connectivity index (χ4n) is 2.51. The summed E-state index contributed by atoms with van der Waals surface area (Å²) in [6.07, 6.45) is 1.57. The molecule has 0 bridgehead atoms. The summed E-state index contributed by atoms with van der Waals surface area (Å²) in [6, 6.07) is 3.44. The second-order valence-electron chi connectivity index (χ2n) is 6.35. The van der Waals surface area contributed by atoms with Crippen molar-refractivity contribution in [2.45, 2.75) is 26.8 Å². The molecule has 0 aromatic carbocycles. The van der Waals surface area contributed by atoms with E-state index in [0.717, 1.165) is 11.3 Å². The summed E-state index contributed by atoms with van der Waals surface area (Å²) in [7, 11) is 3.26. The first-order valence-electron chi connectivity index (χ1n) is 8.85. The van der Waals surface area contributed by atoms with E-state index in [1.165, 1.54) is 4.90 Å². The standard InChI is InChI=1S/C19H25N3O5S/c1-6-26-19(25)15-11(2)16(18(24)22(4)5)28-17(15)21-14(23)10-20-12(3)13-8-7-9-27-13/h7-9,12,20H,6,10H2,1-5H3,(H,21,23)/t12-/m1/s1. The molecule has 28 heavy (non-hydrogen) atoms. The predicted octanol–water partition coefficient (Wildman–Crippen LogP) is 2.82. The second-order valence-corrected chi connectivity index (χ2v) is 7.37. The molecule has 2 N–H and O–H groups in total. The Kier molecular flexibility index (Phi) is 7.36. The number of carbonyl (C=O) groups excluding carboxylic acids is 3. The third-order valence-electron chi connectivity index (χ3n) is 4.02. The summed E-state index contributed by atoms with van der Waals surface area (Å²) in [5.41, 5.74) is 0.707. The zero-order valence-corrected chi connectivity index (χ0v) is 17.4. The van der Waals surface area contributed by atoms with E-state index >= 15 is 0 Å². The number of hydrogen-bond acceptors (Lipinski definition) is 7. The van der Waals surface area contributed by atoms with E-state index in [9.17, 15) is 14.4 Å². The molecule has 2 heterocycles. The Morgan fingerprint density at radius 2 is 2.04 bits per heavy atom. The normalized spacial score (nSPS) is 11.8. The van der Waals surface area contributed by atoms with Crippen LogP contribution in [0, 0.1) is 6.92 Å². The lowest BCUT2D eigenvalue weighted by molar-refractivity contribution is -0.115. The molecule has 0 saturated carbocycles. The lowest BCUT2D eigenvalue weighted by atomic mass is 10.1. The maximum absolute atomic E-state index is 12.4. The largest absolute Gasteiger partial charge is 0.468 e. The van der Waals surface area contributed by atoms with Crippen LogP contribution in [0.5, 0.6) is 0 Å². The van der Waals surface area contributed by atoms with E-state index in [2.05, 4.69) is 10.6 Å². The van der Waals surface area contributed by atoms with Crippen molar-refractivity contribution < 1.29 is 23.5 Å². The molecule has 2 aromatic heterocycles. The van der Waals surface area contributed by atoms with Crippen molar-refractivity contribution in [1.82, 2.24) is 10.2 Å². The van der Waals surface area contributed by atoms with E-state index in [1.807, 2.05) is 13.0 Å². The van der Waals surface area contributed by atoms with Gasteiger partial charge in [-0.1, -0.05) is 0 Å². The van der Waals surface area contributed by atoms with Crippen LogP contribution in [-0.4, -0.2) is 49.9 Å². The number of ether oxygens (including phenoxy) is 1. The Morgan fingerprint density at radius 3 is 2.61 bits per heavy atom. The third kappa shape index (κ3) is 4.99. The number of rotatable bonds is 8. The second kappa shape index (κ2) is 9.52. The molecule has 0 aliphatic rings. The summed E-state index contributed by atoms with van der Waals surface area (Å²) >= 11 is 1.07. The van der Waals surface area contributed by atoms with Crippen LogP contribution < -0.4 is 10.6 Å². The monoisotopic (exact) mass is 407 g/mol. The van der Waals surface area contributed by atoms with Crippen LogP contribution in [0.4, 0.5) is 5.00 Å². The van der Waals surface area contributed by atoms with Crippen molar-refractivity contribution in [1.29, 1.82) is 0 Å². The molecule has 0 aliphatic heterocycles. The molecule has 0 fully saturated rings. The quantitative estimate of drug-likeness (QED) is 0.653. The van der Waals surface area contributed by atoms with Gasteiger partial charge in [0, 0.05) is 14.1 Å². The van der Waals surface area contributed by atoms with Crippen molar-refractivity contribution in [3.05, 3.63) is 40.2 Å². The van der Waals surface area contributed by atoms with Crippen LogP contribution >= 0.6 is 11.3 Å². The number of nitrogens with one attached hydrogen (secondary N) is 2. The average Bonchev–Trinajstić information content (AvgIpc) is 3.27. The highest BCUT2D eigenvalue weighted by atomic mass is 32.1. The number of esters is 1. The van der Waals surface area contributed by atoms with Gasteiger partial charge in [-0.2, -0.15) is 0 Å². The third-order valence-corrected chi connectivity index (χ3v) is 5.21. The molecule has 9 heteroatoms. The Balaban J connectivity index is 2.18. The smallest absolute Gasteiger partial charge is 0.341 e. The molecular formula is C19H25N3O5S. The molecule has 0 aliphatic carbocycles. The first-order valence-corrected chi connectivity index (χ1v) is 9.66. The summed E-state index contributed by atoms with van der Waals surface area (Å²) < 4.78 is 10.4. The van der Waals surface area contributed by atoms with E-state index in [0.29, 0.717) is 21.2 Å². The van der Waals surface area contributed by atoms with Gasteiger partial charge in [0.05, 0.1) is 35.9 Å². The molecule has 2 amide bonds. The summed E-state index contributed by atoms with van der Waals surface area (Å²) in [6.45, 7) is 5.45. The number of amides is 2. The Bertz CT molecular complexity index is 842. The minimum atomic E-state index is -0.568. The molecule has 1 atom stereocenters. The Hall–Kier alpha value is -2.65. The van der Waals surface area contributed by atoms with Crippen LogP contribution in [-0.2, 0) is 9.53 Å². The van der Waals surface area contributed by atoms with Gasteiger partial charge in [0.15, 0.2) is 0 Å². The first kappa shape index (κ1) is 21.6. The molecule has 2 rings (SSSR count). The fourth-order valence-corrected chi connectivity index (χ4v) is 3.75. The van der Waals surface area contributed by atoms with Gasteiger partial charge in [-0.05, 0) is 38.5 Å². The molecule has 152 valence electrons. The molecule has 8 nitrogen and oxygen atoms in total. The van der Waals surface area contributed by atoms with E-state index in [-0.39, 0.29) is 36.6 Å². The van der Waals surface area contributed by atoms with Crippen molar-refractivity contribution in [3.63, 3.8) is 0 Å². The van der Waals surface area contributed by atoms with Crippen LogP contribution in [0.2, 0.25) is 0 Å². The minimum absolute atomic E-state index is 0.0119. The molecule has 0 saturated heterocycles. The van der Waals surface area contributed by atoms with Gasteiger partial charge >= 0.3 is 5.97 Å². The highest BCUT2D eigenvalue weighted by Gasteiger charge is 2.27. The van der Waals surface area contributed by atoms with Gasteiger partial charge in [0.2, 0.25) is 5.91 Å². The highest BCUT2D eigenvalue weighted by molar-refractivity contribution is 7.18. The van der Waals surface area contributed by atoms with Crippen molar-refractivity contribution in [3.8, 4) is 0 Å². The maximum Gasteiger partial charge on any atom is 0.341 e. The number of thiophene rings is 1. The number of furan rings is 1. The molecular weight excluding hydrogens is 382 g/mol. The summed E-state index contributed by atoms with van der Waals surface area (Å²) in [5, 5.41) is 6.07. The molecule has 0 unspecified atom stereocenters. The molecule has 0 radical (unpaired) electrons. The zero-order chi connectivity index (χ0) is 20.8. The lowest BCUT2D eigenvalue weighted by Crippen LogP contribution is -2.30. The lowest BCUT2D eigenvalue weighted by Gasteiger charge is -2.11. The average molecular weight is 407 g/mol. The van der Waals surface area contributed by atoms with Gasteiger partial charge < -0.3 is 19.4 Å². The Morgan fingerprint density at radius 1 is 1.32 bits per heavy atom. The highest BCUT2D eigenvalue weighted by Crippen LogP contribution is 2.34. The van der Waals surface area contributed by atoms with E-state index in [4.69, 9.17) is 9.15 Å². The number of carbonyl (C=O) groups is 3. The fraction of sp³-hybridized carbons (Fsp3) is 0.421. The van der Waals surface area contributed by atoms with Gasteiger partial charge in [-0.25, -0.2) is 4.79 Å².